The Bertz CT molecular complexity index is 535. The van der Waals surface area contributed by atoms with Crippen LogP contribution >= 0.6 is 0 Å². The summed E-state index contributed by atoms with van der Waals surface area (Å²) in [5.74, 6) is 1.15. The minimum atomic E-state index is 0.102. The topological polar surface area (TPSA) is 73.1 Å². The first-order valence-corrected chi connectivity index (χ1v) is 6.78. The number of nitrogens with zero attached hydrogens (tertiary/aromatic N) is 5. The van der Waals surface area contributed by atoms with Gasteiger partial charge in [-0.25, -0.2) is 4.98 Å². The Hall–Kier alpha value is -2.15. The maximum atomic E-state index is 7.28. The van der Waals surface area contributed by atoms with Gasteiger partial charge in [0, 0.05) is 32.4 Å². The Balaban J connectivity index is 1.47. The summed E-state index contributed by atoms with van der Waals surface area (Å²) < 4.78 is 6.40. The van der Waals surface area contributed by atoms with Crippen molar-refractivity contribution in [3.05, 3.63) is 36.3 Å². The van der Waals surface area contributed by atoms with Crippen LogP contribution in [0.4, 0.5) is 11.7 Å². The fourth-order valence-electron chi connectivity index (χ4n) is 2.37. The molecule has 20 heavy (non-hydrogen) atoms. The lowest BCUT2D eigenvalue weighted by molar-refractivity contribution is -0.761. The normalized spacial score (nSPS) is 16.5. The number of nitrogens with one attached hydrogen (secondary N) is 1. The third-order valence-electron chi connectivity index (χ3n) is 3.50. The van der Waals surface area contributed by atoms with Crippen molar-refractivity contribution in [2.75, 3.05) is 37.6 Å². The Kier molecular flexibility index (Phi) is 3.78. The molecule has 0 bridgehead atoms. The molecule has 0 saturated carbocycles. The highest BCUT2D eigenvalue weighted by atomic mass is 16.5. The van der Waals surface area contributed by atoms with E-state index in [0.29, 0.717) is 0 Å². The van der Waals surface area contributed by atoms with E-state index in [-0.39, 0.29) is 5.88 Å². The zero-order valence-electron chi connectivity index (χ0n) is 11.3. The van der Waals surface area contributed by atoms with Crippen molar-refractivity contribution in [3.63, 3.8) is 0 Å². The summed E-state index contributed by atoms with van der Waals surface area (Å²) in [6.45, 7) is 5.69. The van der Waals surface area contributed by atoms with Gasteiger partial charge in [0.15, 0.2) is 11.8 Å². The van der Waals surface area contributed by atoms with E-state index in [1.165, 1.54) is 0 Å². The second kappa shape index (κ2) is 5.87. The quantitative estimate of drug-likeness (QED) is 0.773. The smallest absolute Gasteiger partial charge is 0.222 e. The van der Waals surface area contributed by atoms with Gasteiger partial charge in [0.25, 0.3) is 0 Å². The predicted octanol–water partition coefficient (Wildman–Crippen LogP) is 0.863. The van der Waals surface area contributed by atoms with Gasteiger partial charge < -0.3 is 15.2 Å². The van der Waals surface area contributed by atoms with Gasteiger partial charge in [-0.05, 0) is 12.1 Å². The molecule has 1 aliphatic rings. The van der Waals surface area contributed by atoms with Gasteiger partial charge in [0.2, 0.25) is 6.20 Å². The van der Waals surface area contributed by atoms with Crippen molar-refractivity contribution in [2.24, 2.45) is 0 Å². The number of hydrogen-bond acceptors (Lipinski definition) is 5. The van der Waals surface area contributed by atoms with E-state index in [2.05, 4.69) is 26.1 Å². The lowest BCUT2D eigenvalue weighted by atomic mass is 10.3. The lowest BCUT2D eigenvalue weighted by Gasteiger charge is -2.34. The van der Waals surface area contributed by atoms with Crippen LogP contribution in [0.5, 0.6) is 0 Å². The van der Waals surface area contributed by atoms with E-state index in [1.54, 1.807) is 10.9 Å². The molecule has 7 heteroatoms. The second-order valence-corrected chi connectivity index (χ2v) is 4.85. The highest BCUT2D eigenvalue weighted by Gasteiger charge is 2.19. The molecule has 3 rings (SSSR count). The molecule has 0 amide bonds. The largest absolute Gasteiger partial charge is 0.660 e. The average molecular weight is 274 g/mol. The highest BCUT2D eigenvalue weighted by molar-refractivity contribution is 5.38. The van der Waals surface area contributed by atoms with Gasteiger partial charge in [0.05, 0.1) is 6.54 Å². The second-order valence-electron chi connectivity index (χ2n) is 4.85. The third kappa shape index (κ3) is 3.05. The first-order valence-electron chi connectivity index (χ1n) is 6.78. The summed E-state index contributed by atoms with van der Waals surface area (Å²) in [6, 6.07) is 6.01. The molecular weight excluding hydrogens is 256 g/mol. The van der Waals surface area contributed by atoms with Crippen LogP contribution in [0.1, 0.15) is 0 Å². The molecule has 0 unspecified atom stereocenters. The maximum absolute atomic E-state index is 7.28. The molecule has 3 heterocycles. The van der Waals surface area contributed by atoms with E-state index in [9.17, 15) is 0 Å². The number of rotatable bonds is 4. The zero-order chi connectivity index (χ0) is 13.8. The molecule has 0 spiro atoms. The molecule has 0 radical (unpaired) electrons. The van der Waals surface area contributed by atoms with Crippen LogP contribution in [0, 0.1) is 0 Å². The summed E-state index contributed by atoms with van der Waals surface area (Å²) in [6.07, 6.45) is 3.44. The third-order valence-corrected chi connectivity index (χ3v) is 3.50. The van der Waals surface area contributed by atoms with E-state index >= 15 is 0 Å². The number of hydrogen-bond donors (Lipinski definition) is 0. The summed E-state index contributed by atoms with van der Waals surface area (Å²) in [5, 5.41) is 3.77. The molecule has 1 N–H and O–H groups in total. The van der Waals surface area contributed by atoms with Crippen LogP contribution in [-0.4, -0.2) is 47.9 Å². The fraction of sp³-hybridized carbons (Fsp3) is 0.462. The SMILES string of the molecule is [NH-]c1c[n+](CCN2CCN(c3ccccn3)CC2)no1. The molecular formula is C13H18N6O. The Labute approximate surface area is 117 Å². The first-order chi connectivity index (χ1) is 9.81. The molecule has 2 aromatic heterocycles. The molecule has 0 aromatic carbocycles. The Morgan fingerprint density at radius 1 is 1.25 bits per heavy atom. The molecule has 1 aliphatic heterocycles. The van der Waals surface area contributed by atoms with Gasteiger partial charge in [-0.3, -0.25) is 4.90 Å². The van der Waals surface area contributed by atoms with Gasteiger partial charge in [-0.2, -0.15) is 0 Å². The Morgan fingerprint density at radius 3 is 2.75 bits per heavy atom. The fourth-order valence-corrected chi connectivity index (χ4v) is 2.37. The van der Waals surface area contributed by atoms with Gasteiger partial charge >= 0.3 is 0 Å². The zero-order valence-corrected chi connectivity index (χ0v) is 11.3. The van der Waals surface area contributed by atoms with Crippen molar-refractivity contribution in [1.82, 2.24) is 15.2 Å². The molecule has 0 aliphatic carbocycles. The van der Waals surface area contributed by atoms with Crippen molar-refractivity contribution in [3.8, 4) is 0 Å². The van der Waals surface area contributed by atoms with Crippen molar-refractivity contribution in [2.45, 2.75) is 6.54 Å². The number of aromatic nitrogens is 3. The van der Waals surface area contributed by atoms with Gasteiger partial charge in [-0.1, -0.05) is 10.7 Å². The maximum Gasteiger partial charge on any atom is 0.222 e. The predicted molar refractivity (Wildman–Crippen MR) is 73.6 cm³/mol. The highest BCUT2D eigenvalue weighted by Crippen LogP contribution is 2.12. The monoisotopic (exact) mass is 274 g/mol. The molecule has 1 saturated heterocycles. The van der Waals surface area contributed by atoms with Crippen molar-refractivity contribution in [1.29, 1.82) is 0 Å². The lowest BCUT2D eigenvalue weighted by Crippen LogP contribution is -2.50. The van der Waals surface area contributed by atoms with Crippen molar-refractivity contribution < 1.29 is 9.20 Å². The first kappa shape index (κ1) is 12.9. The van der Waals surface area contributed by atoms with Crippen LogP contribution in [0.2, 0.25) is 0 Å². The standard InChI is InChI=1S/C13H18N6O/c14-12-11-19(16-20-12)10-7-17-5-8-18(9-6-17)13-3-1-2-4-15-13/h1-4,11,14H,5-10H2. The average Bonchev–Trinajstić information content (AvgIpc) is 2.92. The van der Waals surface area contributed by atoms with Gasteiger partial charge in [-0.15, -0.1) is 0 Å². The van der Waals surface area contributed by atoms with Crippen LogP contribution in [0.3, 0.4) is 0 Å². The minimum absolute atomic E-state index is 0.102. The molecule has 1 fully saturated rings. The summed E-state index contributed by atoms with van der Waals surface area (Å²) in [5.41, 5.74) is 7.28. The van der Waals surface area contributed by atoms with E-state index in [1.807, 2.05) is 18.3 Å². The van der Waals surface area contributed by atoms with Crippen LogP contribution in [0.15, 0.2) is 35.1 Å². The minimum Gasteiger partial charge on any atom is -0.660 e. The Morgan fingerprint density at radius 2 is 2.10 bits per heavy atom. The summed E-state index contributed by atoms with van der Waals surface area (Å²) in [7, 11) is 0. The summed E-state index contributed by atoms with van der Waals surface area (Å²) >= 11 is 0. The molecule has 7 nitrogen and oxygen atoms in total. The number of anilines is 1. The molecule has 2 aromatic rings. The van der Waals surface area contributed by atoms with Gasteiger partial charge in [0.1, 0.15) is 11.7 Å². The van der Waals surface area contributed by atoms with Crippen LogP contribution in [0.25, 0.3) is 5.73 Å². The molecule has 0 atom stereocenters. The van der Waals surface area contributed by atoms with Crippen LogP contribution < -0.4 is 9.58 Å². The van der Waals surface area contributed by atoms with E-state index < -0.39 is 0 Å². The van der Waals surface area contributed by atoms with E-state index in [4.69, 9.17) is 10.3 Å². The number of piperazine rings is 1. The van der Waals surface area contributed by atoms with Crippen molar-refractivity contribution >= 4 is 11.7 Å². The van der Waals surface area contributed by atoms with Crippen LogP contribution in [-0.2, 0) is 6.54 Å². The summed E-state index contributed by atoms with van der Waals surface area (Å²) in [4.78, 5) is 9.08. The van der Waals surface area contributed by atoms with E-state index in [0.717, 1.165) is 45.1 Å². The number of pyridine rings is 1. The molecule has 106 valence electrons.